The monoisotopic (exact) mass is 434 g/mol. The molecule has 0 bridgehead atoms. The Kier molecular flexibility index (Phi) is 7.96. The fraction of sp³-hybridized carbons (Fsp3) is 0.333. The van der Waals surface area contributed by atoms with Crippen LogP contribution < -0.4 is 20.7 Å². The molecule has 8 nitrogen and oxygen atoms in total. The molecule has 2 aromatic heterocycles. The molecule has 0 aliphatic rings. The minimum absolute atomic E-state index is 0.0939. The molecule has 0 saturated carbocycles. The third-order valence-electron chi connectivity index (χ3n) is 5.04. The van der Waals surface area contributed by atoms with Gasteiger partial charge in [0.15, 0.2) is 0 Å². The molecule has 3 rings (SSSR count). The molecule has 0 aliphatic carbocycles. The molecule has 2 amide bonds. The van der Waals surface area contributed by atoms with Gasteiger partial charge in [0.25, 0.3) is 0 Å². The number of carbonyl (C=O) groups is 1. The number of amides is 2. The number of aryl methyl sites for hydroxylation is 1. The van der Waals surface area contributed by atoms with Crippen molar-refractivity contribution in [3.05, 3.63) is 60.2 Å². The average Bonchev–Trinajstić information content (AvgIpc) is 2.80. The van der Waals surface area contributed by atoms with Gasteiger partial charge in [-0.1, -0.05) is 25.5 Å². The Labute approximate surface area is 188 Å². The first-order chi connectivity index (χ1) is 15.5. The predicted octanol–water partition coefficient (Wildman–Crippen LogP) is 4.95. The Bertz CT molecular complexity index is 1060. The molecule has 1 aromatic carbocycles. The number of nitrogens with one attached hydrogen (secondary N) is 3. The Morgan fingerprint density at radius 2 is 2.03 bits per heavy atom. The summed E-state index contributed by atoms with van der Waals surface area (Å²) in [7, 11) is 1.57. The number of aromatic nitrogens is 3. The van der Waals surface area contributed by atoms with Gasteiger partial charge in [0.2, 0.25) is 0 Å². The number of benzene rings is 1. The van der Waals surface area contributed by atoms with E-state index in [0.717, 1.165) is 29.7 Å². The predicted molar refractivity (Wildman–Crippen MR) is 127 cm³/mol. The highest BCUT2D eigenvalue weighted by atomic mass is 16.5. The van der Waals surface area contributed by atoms with Crippen LogP contribution in [-0.4, -0.2) is 34.6 Å². The molecule has 0 radical (unpaired) electrons. The normalized spacial score (nSPS) is 11.5. The van der Waals surface area contributed by atoms with E-state index in [9.17, 15) is 4.79 Å². The SMILES string of the molecule is CCCC(Nc1cncc(-c2ccc(NC(=O)NCC)c(OC)c2)n1)c1cccnc1C. The summed E-state index contributed by atoms with van der Waals surface area (Å²) in [6, 6.07) is 9.38. The molecule has 0 saturated heterocycles. The van der Waals surface area contributed by atoms with E-state index in [-0.39, 0.29) is 12.1 Å². The van der Waals surface area contributed by atoms with Crippen molar-refractivity contribution in [3.63, 3.8) is 0 Å². The minimum Gasteiger partial charge on any atom is -0.495 e. The molecule has 0 aliphatic heterocycles. The third-order valence-corrected chi connectivity index (χ3v) is 5.04. The van der Waals surface area contributed by atoms with E-state index in [1.54, 1.807) is 31.8 Å². The molecule has 1 unspecified atom stereocenters. The number of hydrogen-bond acceptors (Lipinski definition) is 6. The largest absolute Gasteiger partial charge is 0.495 e. The summed E-state index contributed by atoms with van der Waals surface area (Å²) >= 11 is 0. The van der Waals surface area contributed by atoms with E-state index in [0.29, 0.717) is 29.5 Å². The van der Waals surface area contributed by atoms with Gasteiger partial charge in [-0.15, -0.1) is 0 Å². The summed E-state index contributed by atoms with van der Waals surface area (Å²) in [4.78, 5) is 25.4. The van der Waals surface area contributed by atoms with Gasteiger partial charge >= 0.3 is 6.03 Å². The van der Waals surface area contributed by atoms with Crippen molar-refractivity contribution >= 4 is 17.5 Å². The van der Waals surface area contributed by atoms with E-state index >= 15 is 0 Å². The zero-order valence-electron chi connectivity index (χ0n) is 19.0. The number of ether oxygens (including phenoxy) is 1. The van der Waals surface area contributed by atoms with E-state index in [4.69, 9.17) is 9.72 Å². The second-order valence-electron chi connectivity index (χ2n) is 7.35. The molecule has 3 N–H and O–H groups in total. The number of methoxy groups -OCH3 is 1. The van der Waals surface area contributed by atoms with E-state index < -0.39 is 0 Å². The molecule has 2 heterocycles. The Morgan fingerprint density at radius 3 is 2.75 bits per heavy atom. The lowest BCUT2D eigenvalue weighted by atomic mass is 10.0. The van der Waals surface area contributed by atoms with Crippen LogP contribution in [0.1, 0.15) is 44.0 Å². The van der Waals surface area contributed by atoms with E-state index in [2.05, 4.69) is 38.9 Å². The zero-order chi connectivity index (χ0) is 22.9. The maximum atomic E-state index is 11.9. The fourth-order valence-electron chi connectivity index (χ4n) is 3.49. The summed E-state index contributed by atoms with van der Waals surface area (Å²) in [6.45, 7) is 6.58. The lowest BCUT2D eigenvalue weighted by molar-refractivity contribution is 0.252. The number of carbonyl (C=O) groups excluding carboxylic acids is 1. The molecule has 0 spiro atoms. The Balaban J connectivity index is 1.85. The zero-order valence-corrected chi connectivity index (χ0v) is 19.0. The second-order valence-corrected chi connectivity index (χ2v) is 7.35. The van der Waals surface area contributed by atoms with Crippen LogP contribution >= 0.6 is 0 Å². The maximum Gasteiger partial charge on any atom is 0.319 e. The van der Waals surface area contributed by atoms with Crippen LogP contribution in [0.3, 0.4) is 0 Å². The molecule has 1 atom stereocenters. The van der Waals surface area contributed by atoms with Crippen LogP contribution in [0.5, 0.6) is 5.75 Å². The molecular weight excluding hydrogens is 404 g/mol. The summed E-state index contributed by atoms with van der Waals surface area (Å²) in [5.41, 5.74) is 4.28. The minimum atomic E-state index is -0.280. The number of rotatable bonds is 9. The van der Waals surface area contributed by atoms with Gasteiger partial charge in [-0.05, 0) is 44.0 Å². The number of nitrogens with zero attached hydrogens (tertiary/aromatic N) is 3. The molecule has 8 heteroatoms. The van der Waals surface area contributed by atoms with Crippen molar-refractivity contribution in [1.82, 2.24) is 20.3 Å². The first kappa shape index (κ1) is 23.0. The lowest BCUT2D eigenvalue weighted by Gasteiger charge is -2.20. The van der Waals surface area contributed by atoms with Gasteiger partial charge in [-0.25, -0.2) is 9.78 Å². The van der Waals surface area contributed by atoms with Crippen molar-refractivity contribution in [2.75, 3.05) is 24.3 Å². The van der Waals surface area contributed by atoms with Gasteiger partial charge in [0, 0.05) is 24.0 Å². The summed E-state index contributed by atoms with van der Waals surface area (Å²) in [6.07, 6.45) is 7.21. The number of urea groups is 1. The van der Waals surface area contributed by atoms with Crippen LogP contribution in [0, 0.1) is 6.92 Å². The van der Waals surface area contributed by atoms with E-state index in [1.165, 1.54) is 0 Å². The van der Waals surface area contributed by atoms with Crippen LogP contribution in [0.2, 0.25) is 0 Å². The van der Waals surface area contributed by atoms with Crippen molar-refractivity contribution in [1.29, 1.82) is 0 Å². The standard InChI is InChI=1S/C24H30N6O2/c1-5-8-19(18-9-7-12-27-16(18)3)28-23-15-25-14-21(29-23)17-10-11-20(22(13-17)32-4)30-24(31)26-6-2/h7,9-15,19H,5-6,8H2,1-4H3,(H,28,29)(H2,26,30,31). The van der Waals surface area contributed by atoms with Gasteiger partial charge in [0.05, 0.1) is 36.9 Å². The van der Waals surface area contributed by atoms with Gasteiger partial charge in [-0.3, -0.25) is 9.97 Å². The van der Waals surface area contributed by atoms with Crippen molar-refractivity contribution in [2.45, 2.75) is 39.7 Å². The highest BCUT2D eigenvalue weighted by molar-refractivity contribution is 5.91. The molecule has 32 heavy (non-hydrogen) atoms. The van der Waals surface area contributed by atoms with Crippen LogP contribution in [0.4, 0.5) is 16.3 Å². The smallest absolute Gasteiger partial charge is 0.319 e. The average molecular weight is 435 g/mol. The van der Waals surface area contributed by atoms with Gasteiger partial charge in [0.1, 0.15) is 11.6 Å². The van der Waals surface area contributed by atoms with Crippen molar-refractivity contribution in [3.8, 4) is 17.0 Å². The van der Waals surface area contributed by atoms with E-state index in [1.807, 2.05) is 32.0 Å². The summed E-state index contributed by atoms with van der Waals surface area (Å²) < 4.78 is 5.47. The lowest BCUT2D eigenvalue weighted by Crippen LogP contribution is -2.28. The Hall–Kier alpha value is -3.68. The van der Waals surface area contributed by atoms with Gasteiger partial charge < -0.3 is 20.7 Å². The topological polar surface area (TPSA) is 101 Å². The van der Waals surface area contributed by atoms with Crippen molar-refractivity contribution in [2.24, 2.45) is 0 Å². The molecule has 168 valence electrons. The summed E-state index contributed by atoms with van der Waals surface area (Å²) in [5.74, 6) is 1.23. The maximum absolute atomic E-state index is 11.9. The van der Waals surface area contributed by atoms with Crippen LogP contribution in [-0.2, 0) is 0 Å². The van der Waals surface area contributed by atoms with Gasteiger partial charge in [-0.2, -0.15) is 0 Å². The second kappa shape index (κ2) is 11.1. The highest BCUT2D eigenvalue weighted by Gasteiger charge is 2.15. The molecular formula is C24H30N6O2. The van der Waals surface area contributed by atoms with Crippen LogP contribution in [0.15, 0.2) is 48.9 Å². The summed E-state index contributed by atoms with van der Waals surface area (Å²) in [5, 5.41) is 9.01. The quantitative estimate of drug-likeness (QED) is 0.440. The number of anilines is 2. The molecule has 3 aromatic rings. The number of pyridine rings is 1. The Morgan fingerprint density at radius 1 is 1.19 bits per heavy atom. The van der Waals surface area contributed by atoms with Crippen LogP contribution in [0.25, 0.3) is 11.3 Å². The third kappa shape index (κ3) is 5.72. The molecule has 0 fully saturated rings. The number of hydrogen-bond donors (Lipinski definition) is 3. The fourth-order valence-corrected chi connectivity index (χ4v) is 3.49. The first-order valence-electron chi connectivity index (χ1n) is 10.8. The van der Waals surface area contributed by atoms with Crippen molar-refractivity contribution < 1.29 is 9.53 Å². The highest BCUT2D eigenvalue weighted by Crippen LogP contribution is 2.31. The first-order valence-corrected chi connectivity index (χ1v) is 10.8.